The zero-order chi connectivity index (χ0) is 10.7. The Morgan fingerprint density at radius 2 is 2.07 bits per heavy atom. The molecular weight excluding hydrogens is 197 g/mol. The van der Waals surface area contributed by atoms with Crippen molar-refractivity contribution in [3.63, 3.8) is 0 Å². The van der Waals surface area contributed by atoms with Crippen LogP contribution < -0.4 is 5.73 Å². The van der Waals surface area contributed by atoms with E-state index in [1.165, 1.54) is 0 Å². The number of pyridine rings is 1. The lowest BCUT2D eigenvalue weighted by molar-refractivity contribution is 0.144. The quantitative estimate of drug-likeness (QED) is 0.778. The zero-order valence-corrected chi connectivity index (χ0v) is 7.17. The van der Waals surface area contributed by atoms with Crippen molar-refractivity contribution in [3.8, 4) is 0 Å². The van der Waals surface area contributed by atoms with E-state index < -0.39 is 24.5 Å². The van der Waals surface area contributed by atoms with Gasteiger partial charge >= 0.3 is 0 Å². The molecule has 3 nitrogen and oxygen atoms in total. The summed E-state index contributed by atoms with van der Waals surface area (Å²) < 4.78 is 37.6. The highest BCUT2D eigenvalue weighted by molar-refractivity contribution is 5.31. The molecule has 1 aromatic rings. The maximum atomic E-state index is 13.0. The Morgan fingerprint density at radius 1 is 1.43 bits per heavy atom. The largest absolute Gasteiger partial charge is 0.392 e. The molecule has 0 saturated heterocycles. The third-order valence-electron chi connectivity index (χ3n) is 1.85. The van der Waals surface area contributed by atoms with Gasteiger partial charge in [0.25, 0.3) is 6.43 Å². The van der Waals surface area contributed by atoms with E-state index >= 15 is 0 Å². The van der Waals surface area contributed by atoms with E-state index in [-0.39, 0.29) is 17.7 Å². The van der Waals surface area contributed by atoms with Crippen LogP contribution in [0.5, 0.6) is 0 Å². The molecule has 6 heteroatoms. The fraction of sp³-hybridized carbons (Fsp3) is 0.375. The Morgan fingerprint density at radius 3 is 2.50 bits per heavy atom. The first-order valence-electron chi connectivity index (χ1n) is 3.87. The van der Waals surface area contributed by atoms with Crippen LogP contribution in [0.3, 0.4) is 0 Å². The van der Waals surface area contributed by atoms with Gasteiger partial charge in [0.1, 0.15) is 11.5 Å². The SMILES string of the molecule is NCc1c(C(F)F)ncc(F)c1CO. The molecule has 0 aliphatic carbocycles. The van der Waals surface area contributed by atoms with Crippen LogP contribution in [0.4, 0.5) is 13.2 Å². The van der Waals surface area contributed by atoms with Gasteiger partial charge in [-0.05, 0) is 0 Å². The molecule has 0 aliphatic heterocycles. The number of aliphatic hydroxyl groups is 1. The Labute approximate surface area is 78.4 Å². The van der Waals surface area contributed by atoms with Crippen molar-refractivity contribution in [3.05, 3.63) is 28.8 Å². The topological polar surface area (TPSA) is 59.1 Å². The van der Waals surface area contributed by atoms with Crippen LogP contribution >= 0.6 is 0 Å². The lowest BCUT2D eigenvalue weighted by atomic mass is 10.1. The number of aromatic nitrogens is 1. The van der Waals surface area contributed by atoms with Crippen LogP contribution in [0.15, 0.2) is 6.20 Å². The number of halogens is 3. The summed E-state index contributed by atoms with van der Waals surface area (Å²) in [5.41, 5.74) is 4.28. The Bertz CT molecular complexity index is 331. The van der Waals surface area contributed by atoms with E-state index in [0.29, 0.717) is 6.20 Å². The number of rotatable bonds is 3. The molecule has 1 rings (SSSR count). The number of hydrogen-bond donors (Lipinski definition) is 2. The summed E-state index contributed by atoms with van der Waals surface area (Å²) in [5, 5.41) is 8.77. The van der Waals surface area contributed by atoms with Crippen molar-refractivity contribution in [2.45, 2.75) is 19.6 Å². The average Bonchev–Trinajstić information content (AvgIpc) is 2.16. The molecule has 0 amide bonds. The van der Waals surface area contributed by atoms with Gasteiger partial charge in [0.05, 0.1) is 12.8 Å². The molecule has 0 radical (unpaired) electrons. The molecule has 0 unspecified atom stereocenters. The van der Waals surface area contributed by atoms with Gasteiger partial charge in [-0.15, -0.1) is 0 Å². The summed E-state index contributed by atoms with van der Waals surface area (Å²) in [7, 11) is 0. The molecule has 1 aromatic heterocycles. The second kappa shape index (κ2) is 4.39. The summed E-state index contributed by atoms with van der Waals surface area (Å²) in [6, 6.07) is 0. The molecule has 0 fully saturated rings. The van der Waals surface area contributed by atoms with Crippen LogP contribution in [0.25, 0.3) is 0 Å². The fourth-order valence-corrected chi connectivity index (χ4v) is 1.17. The van der Waals surface area contributed by atoms with Crippen LogP contribution in [0, 0.1) is 5.82 Å². The Balaban J connectivity index is 3.33. The van der Waals surface area contributed by atoms with Crippen molar-refractivity contribution in [1.82, 2.24) is 4.98 Å². The first-order chi connectivity index (χ1) is 6.61. The Kier molecular flexibility index (Phi) is 3.43. The summed E-state index contributed by atoms with van der Waals surface area (Å²) in [4.78, 5) is 3.24. The number of alkyl halides is 2. The minimum atomic E-state index is -2.82. The maximum absolute atomic E-state index is 13.0. The molecule has 0 aliphatic rings. The molecule has 0 saturated carbocycles. The van der Waals surface area contributed by atoms with Crippen molar-refractivity contribution in [2.24, 2.45) is 5.73 Å². The van der Waals surface area contributed by atoms with Gasteiger partial charge in [-0.2, -0.15) is 0 Å². The van der Waals surface area contributed by atoms with Crippen molar-refractivity contribution < 1.29 is 18.3 Å². The minimum absolute atomic E-state index is 0.123. The molecule has 0 spiro atoms. The van der Waals surface area contributed by atoms with Crippen LogP contribution in [-0.2, 0) is 13.2 Å². The summed E-state index contributed by atoms with van der Waals surface area (Å²) in [5.74, 6) is -0.822. The van der Waals surface area contributed by atoms with Crippen molar-refractivity contribution >= 4 is 0 Å². The third-order valence-corrected chi connectivity index (χ3v) is 1.85. The van der Waals surface area contributed by atoms with Gasteiger partial charge in [-0.1, -0.05) is 0 Å². The number of nitrogens with two attached hydrogens (primary N) is 1. The number of aliphatic hydroxyl groups excluding tert-OH is 1. The lowest BCUT2D eigenvalue weighted by Gasteiger charge is -2.10. The smallest absolute Gasteiger partial charge is 0.280 e. The molecular formula is C8H9F3N2O. The summed E-state index contributed by atoms with van der Waals surface area (Å²) in [6.07, 6.45) is -2.16. The number of hydrogen-bond acceptors (Lipinski definition) is 3. The van der Waals surface area contributed by atoms with E-state index in [1.807, 2.05) is 0 Å². The second-order valence-electron chi connectivity index (χ2n) is 2.61. The minimum Gasteiger partial charge on any atom is -0.392 e. The molecule has 78 valence electrons. The first-order valence-corrected chi connectivity index (χ1v) is 3.87. The maximum Gasteiger partial charge on any atom is 0.280 e. The van der Waals surface area contributed by atoms with Crippen LogP contribution in [0.1, 0.15) is 23.2 Å². The van der Waals surface area contributed by atoms with Gasteiger partial charge < -0.3 is 10.8 Å². The zero-order valence-electron chi connectivity index (χ0n) is 7.17. The van der Waals surface area contributed by atoms with Gasteiger partial charge in [0.15, 0.2) is 0 Å². The van der Waals surface area contributed by atoms with Crippen molar-refractivity contribution in [2.75, 3.05) is 0 Å². The number of nitrogens with zero attached hydrogens (tertiary/aromatic N) is 1. The first kappa shape index (κ1) is 10.9. The van der Waals surface area contributed by atoms with E-state index in [4.69, 9.17) is 10.8 Å². The lowest BCUT2D eigenvalue weighted by Crippen LogP contribution is -2.10. The highest BCUT2D eigenvalue weighted by Crippen LogP contribution is 2.24. The molecule has 14 heavy (non-hydrogen) atoms. The summed E-state index contributed by atoms with van der Waals surface area (Å²) >= 11 is 0. The van der Waals surface area contributed by atoms with Gasteiger partial charge in [-0.3, -0.25) is 4.98 Å². The predicted octanol–water partition coefficient (Wildman–Crippen LogP) is 1.11. The molecule has 0 atom stereocenters. The van der Waals surface area contributed by atoms with Gasteiger partial charge in [0.2, 0.25) is 0 Å². The van der Waals surface area contributed by atoms with Crippen molar-refractivity contribution in [1.29, 1.82) is 0 Å². The normalized spacial score (nSPS) is 11.0. The summed E-state index contributed by atoms with van der Waals surface area (Å²) in [6.45, 7) is -0.944. The van der Waals surface area contributed by atoms with Crippen LogP contribution in [0.2, 0.25) is 0 Å². The highest BCUT2D eigenvalue weighted by atomic mass is 19.3. The molecule has 1 heterocycles. The second-order valence-corrected chi connectivity index (χ2v) is 2.61. The van der Waals surface area contributed by atoms with Gasteiger partial charge in [0, 0.05) is 17.7 Å². The van der Waals surface area contributed by atoms with E-state index in [1.54, 1.807) is 0 Å². The molecule has 3 N–H and O–H groups in total. The van der Waals surface area contributed by atoms with Gasteiger partial charge in [-0.25, -0.2) is 13.2 Å². The third kappa shape index (κ3) is 1.85. The Hall–Kier alpha value is -1.14. The molecule has 0 aromatic carbocycles. The molecule has 0 bridgehead atoms. The predicted molar refractivity (Wildman–Crippen MR) is 43.0 cm³/mol. The average molecular weight is 206 g/mol. The fourth-order valence-electron chi connectivity index (χ4n) is 1.17. The van der Waals surface area contributed by atoms with E-state index in [2.05, 4.69) is 4.98 Å². The monoisotopic (exact) mass is 206 g/mol. The standard InChI is InChI=1S/C8H9F3N2O/c9-6-2-13-7(8(10)11)4(1-12)5(6)3-14/h2,8,14H,1,3,12H2. The highest BCUT2D eigenvalue weighted by Gasteiger charge is 2.19. The van der Waals surface area contributed by atoms with Crippen LogP contribution in [-0.4, -0.2) is 10.1 Å². The van der Waals surface area contributed by atoms with E-state index in [0.717, 1.165) is 0 Å². The van der Waals surface area contributed by atoms with E-state index in [9.17, 15) is 13.2 Å².